The first-order chi connectivity index (χ1) is 35.6. The Bertz CT molecular complexity index is 1420. The molecule has 73 heavy (non-hydrogen) atoms. The van der Waals surface area contributed by atoms with Gasteiger partial charge in [0.05, 0.1) is 34.4 Å². The zero-order valence-corrected chi connectivity index (χ0v) is 48.0. The number of likely N-dealkylation sites (N-methyl/N-ethyl adjacent to an activating group) is 1. The lowest BCUT2D eigenvalue weighted by Crippen LogP contribution is -2.40. The number of allylic oxidation sites excluding steroid dienone is 12. The number of hydrogen-bond donors (Lipinski definition) is 1. The highest BCUT2D eigenvalue weighted by Gasteiger charge is 2.25. The Hall–Kier alpha value is -3.27. The molecule has 0 fully saturated rings. The van der Waals surface area contributed by atoms with Crippen LogP contribution in [0, 0.1) is 0 Å². The number of rotatable bonds is 55. The van der Waals surface area contributed by atoms with E-state index in [9.17, 15) is 19.5 Å². The lowest BCUT2D eigenvalue weighted by Gasteiger charge is -2.25. The molecule has 0 bridgehead atoms. The first kappa shape index (κ1) is 69.7. The molecule has 0 aromatic rings. The molecule has 0 saturated carbocycles. The summed E-state index contributed by atoms with van der Waals surface area (Å²) in [4.78, 5) is 37.3. The minimum absolute atomic E-state index is 0.178. The molecule has 0 aliphatic carbocycles. The number of aliphatic carboxylic acids is 1. The topological polar surface area (TPSA) is 108 Å². The number of unbranched alkanes of at least 4 members (excludes halogenated alkanes) is 28. The third-order valence-electron chi connectivity index (χ3n) is 12.9. The van der Waals surface area contributed by atoms with Crippen LogP contribution in [0.25, 0.3) is 0 Å². The van der Waals surface area contributed by atoms with Gasteiger partial charge in [-0.15, -0.1) is 0 Å². The van der Waals surface area contributed by atoms with E-state index in [1.165, 1.54) is 161 Å². The van der Waals surface area contributed by atoms with Gasteiger partial charge < -0.3 is 28.5 Å². The number of ether oxygens (including phenoxy) is 4. The van der Waals surface area contributed by atoms with E-state index in [2.05, 4.69) is 86.8 Å². The van der Waals surface area contributed by atoms with Gasteiger partial charge in [-0.1, -0.05) is 234 Å². The van der Waals surface area contributed by atoms with Crippen LogP contribution in [0.2, 0.25) is 0 Å². The molecular weight excluding hydrogens is 911 g/mol. The molecule has 0 aliphatic rings. The molecule has 2 atom stereocenters. The first-order valence-electron chi connectivity index (χ1n) is 30.1. The minimum Gasteiger partial charge on any atom is -0.477 e. The molecule has 2 unspecified atom stereocenters. The number of carbonyl (C=O) groups is 3. The molecule has 0 spiro atoms. The molecule has 0 amide bonds. The van der Waals surface area contributed by atoms with Gasteiger partial charge in [-0.2, -0.15) is 0 Å². The molecule has 1 N–H and O–H groups in total. The van der Waals surface area contributed by atoms with E-state index in [-0.39, 0.29) is 32.2 Å². The SMILES string of the molecule is CC/C=C\C/C=C\C/C=C\C/C=C\CCCCC(=O)OC(COC(=O)CCCCCCCCCCCCCCCCCCCCCCC/C=C\C/C=C\CCCCCCC)COC(OCC[N+](C)(C)C)C(=O)O. The maximum atomic E-state index is 12.8. The normalized spacial score (nSPS) is 13.3. The van der Waals surface area contributed by atoms with E-state index < -0.39 is 24.3 Å². The summed E-state index contributed by atoms with van der Waals surface area (Å²) < 4.78 is 22.8. The number of esters is 2. The Balaban J connectivity index is 4.08. The summed E-state index contributed by atoms with van der Waals surface area (Å²) in [6, 6.07) is 0. The fourth-order valence-corrected chi connectivity index (χ4v) is 8.33. The average Bonchev–Trinajstić information content (AvgIpc) is 3.36. The van der Waals surface area contributed by atoms with Gasteiger partial charge in [-0.25, -0.2) is 4.79 Å². The van der Waals surface area contributed by atoms with Gasteiger partial charge in [0.2, 0.25) is 0 Å². The van der Waals surface area contributed by atoms with Crippen LogP contribution >= 0.6 is 0 Å². The number of nitrogens with zero attached hydrogens (tertiary/aromatic N) is 1. The van der Waals surface area contributed by atoms with Crippen LogP contribution in [0.1, 0.15) is 258 Å². The highest BCUT2D eigenvalue weighted by molar-refractivity contribution is 5.71. The van der Waals surface area contributed by atoms with Crippen molar-refractivity contribution in [3.63, 3.8) is 0 Å². The first-order valence-corrected chi connectivity index (χ1v) is 30.1. The number of carboxylic acids is 1. The summed E-state index contributed by atoms with van der Waals surface area (Å²) >= 11 is 0. The van der Waals surface area contributed by atoms with Gasteiger partial charge >= 0.3 is 17.9 Å². The maximum absolute atomic E-state index is 12.8. The van der Waals surface area contributed by atoms with Crippen molar-refractivity contribution in [1.82, 2.24) is 0 Å². The van der Waals surface area contributed by atoms with E-state index in [1.807, 2.05) is 21.1 Å². The zero-order valence-electron chi connectivity index (χ0n) is 48.0. The molecule has 0 radical (unpaired) electrons. The molecule has 0 saturated heterocycles. The summed E-state index contributed by atoms with van der Waals surface area (Å²) in [6.45, 7) is 4.71. The zero-order chi connectivity index (χ0) is 53.4. The third-order valence-corrected chi connectivity index (χ3v) is 12.9. The molecule has 0 aromatic carbocycles. The highest BCUT2D eigenvalue weighted by atomic mass is 16.7. The second-order valence-corrected chi connectivity index (χ2v) is 21.3. The number of quaternary nitrogens is 1. The second kappa shape index (κ2) is 55.0. The van der Waals surface area contributed by atoms with Crippen LogP contribution in [-0.2, 0) is 33.3 Å². The Kier molecular flexibility index (Phi) is 52.5. The summed E-state index contributed by atoms with van der Waals surface area (Å²) in [5.41, 5.74) is 0. The summed E-state index contributed by atoms with van der Waals surface area (Å²) in [5.74, 6) is -2.06. The summed E-state index contributed by atoms with van der Waals surface area (Å²) in [6.07, 6.45) is 68.7. The highest BCUT2D eigenvalue weighted by Crippen LogP contribution is 2.17. The van der Waals surface area contributed by atoms with Gasteiger partial charge in [0.25, 0.3) is 6.29 Å². The number of hydrogen-bond acceptors (Lipinski definition) is 7. The lowest BCUT2D eigenvalue weighted by atomic mass is 10.0. The van der Waals surface area contributed by atoms with Crippen molar-refractivity contribution in [1.29, 1.82) is 0 Å². The van der Waals surface area contributed by atoms with E-state index >= 15 is 0 Å². The fraction of sp³-hybridized carbons (Fsp3) is 0.766. The predicted molar refractivity (Wildman–Crippen MR) is 309 cm³/mol. The van der Waals surface area contributed by atoms with Gasteiger partial charge in [-0.3, -0.25) is 9.59 Å². The monoisotopic (exact) mass is 1020 g/mol. The van der Waals surface area contributed by atoms with E-state index in [0.29, 0.717) is 23.9 Å². The van der Waals surface area contributed by atoms with Crippen molar-refractivity contribution in [2.75, 3.05) is 47.5 Å². The molecule has 0 rings (SSSR count). The van der Waals surface area contributed by atoms with Crippen molar-refractivity contribution < 1.29 is 42.9 Å². The predicted octanol–water partition coefficient (Wildman–Crippen LogP) is 17.8. The second-order valence-electron chi connectivity index (χ2n) is 21.3. The molecule has 0 aromatic heterocycles. The van der Waals surface area contributed by atoms with Crippen molar-refractivity contribution in [3.05, 3.63) is 72.9 Å². The quantitative estimate of drug-likeness (QED) is 0.0211. The van der Waals surface area contributed by atoms with Crippen molar-refractivity contribution in [2.24, 2.45) is 0 Å². The van der Waals surface area contributed by atoms with Crippen LogP contribution in [0.3, 0.4) is 0 Å². The average molecular weight is 1030 g/mol. The van der Waals surface area contributed by atoms with Gasteiger partial charge in [0.1, 0.15) is 13.2 Å². The Morgan fingerprint density at radius 3 is 1.19 bits per heavy atom. The molecular formula is C64H114NO8+. The molecule has 0 heterocycles. The summed E-state index contributed by atoms with van der Waals surface area (Å²) in [7, 11) is 5.95. The molecule has 9 heteroatoms. The Morgan fingerprint density at radius 1 is 0.425 bits per heavy atom. The van der Waals surface area contributed by atoms with Crippen LogP contribution in [-0.4, -0.2) is 87.4 Å². The van der Waals surface area contributed by atoms with Gasteiger partial charge in [0, 0.05) is 12.8 Å². The van der Waals surface area contributed by atoms with Crippen LogP contribution in [0.15, 0.2) is 72.9 Å². The van der Waals surface area contributed by atoms with Gasteiger partial charge in [-0.05, 0) is 83.5 Å². The van der Waals surface area contributed by atoms with Gasteiger partial charge in [0.15, 0.2) is 6.10 Å². The third kappa shape index (κ3) is 56.3. The number of carbonyl (C=O) groups excluding carboxylic acids is 2. The fourth-order valence-electron chi connectivity index (χ4n) is 8.33. The van der Waals surface area contributed by atoms with E-state index in [0.717, 1.165) is 64.2 Å². The molecule has 0 aliphatic heterocycles. The van der Waals surface area contributed by atoms with Crippen LogP contribution < -0.4 is 0 Å². The summed E-state index contributed by atoms with van der Waals surface area (Å²) in [5, 5.41) is 9.69. The maximum Gasteiger partial charge on any atom is 0.361 e. The lowest BCUT2D eigenvalue weighted by molar-refractivity contribution is -0.870. The van der Waals surface area contributed by atoms with Crippen molar-refractivity contribution >= 4 is 17.9 Å². The molecule has 9 nitrogen and oxygen atoms in total. The van der Waals surface area contributed by atoms with E-state index in [4.69, 9.17) is 18.9 Å². The smallest absolute Gasteiger partial charge is 0.361 e. The number of carboxylic acid groups (broad SMARTS) is 1. The standard InChI is InChI=1S/C64H113NO8/c1-6-8-10-12-14-16-18-20-22-23-24-25-26-27-28-29-30-31-32-33-34-35-36-37-38-39-41-42-44-46-48-50-52-54-61(66)71-58-60(59-72-64(63(68)69)70-57-56-65(3,4)5)73-62(67)55-53-51-49-47-45-43-40-21-19-17-15-13-11-9-7-2/h9,11,15,17-18,20-21,23-24,40,45,47,60,64H,6-8,10,12-14,16,19,22,25-39,41-44,46,48-59H2,1-5H3/p+1/b11-9-,17-15-,20-18-,24-23-,40-21-,47-45-. The minimum atomic E-state index is -1.52. The Labute approximate surface area is 449 Å². The van der Waals surface area contributed by atoms with Crippen molar-refractivity contribution in [3.8, 4) is 0 Å². The Morgan fingerprint density at radius 2 is 0.781 bits per heavy atom. The van der Waals surface area contributed by atoms with Crippen LogP contribution in [0.5, 0.6) is 0 Å². The van der Waals surface area contributed by atoms with E-state index in [1.54, 1.807) is 0 Å². The molecule has 422 valence electrons. The van der Waals surface area contributed by atoms with Crippen LogP contribution in [0.4, 0.5) is 0 Å². The van der Waals surface area contributed by atoms with Crippen molar-refractivity contribution in [2.45, 2.75) is 270 Å². The largest absolute Gasteiger partial charge is 0.477 e.